The maximum Gasteiger partial charge on any atom is 0.0544 e. The molecule has 20 heavy (non-hydrogen) atoms. The minimum absolute atomic E-state index is 0.220. The van der Waals surface area contributed by atoms with Crippen molar-refractivity contribution in [3.05, 3.63) is 65.0 Å². The molecule has 0 bridgehead atoms. The maximum absolute atomic E-state index is 4.49. The number of rotatable bonds is 4. The van der Waals surface area contributed by atoms with Crippen molar-refractivity contribution in [2.45, 2.75) is 46.2 Å². The van der Waals surface area contributed by atoms with Gasteiger partial charge < -0.3 is 5.32 Å². The van der Waals surface area contributed by atoms with E-state index < -0.39 is 0 Å². The molecule has 1 aromatic carbocycles. The van der Waals surface area contributed by atoms with Gasteiger partial charge in [-0.25, -0.2) is 0 Å². The van der Waals surface area contributed by atoms with Gasteiger partial charge in [0.25, 0.3) is 0 Å². The summed E-state index contributed by atoms with van der Waals surface area (Å²) in [6.45, 7) is 10.4. The first kappa shape index (κ1) is 14.7. The first-order valence-electron chi connectivity index (χ1n) is 7.18. The number of nitrogens with one attached hydrogen (secondary N) is 1. The summed E-state index contributed by atoms with van der Waals surface area (Å²) in [5.74, 6) is 0. The van der Waals surface area contributed by atoms with Gasteiger partial charge in [-0.3, -0.25) is 4.98 Å². The minimum Gasteiger partial charge on any atom is -0.307 e. The average molecular weight is 268 g/mol. The Morgan fingerprint density at radius 2 is 1.65 bits per heavy atom. The van der Waals surface area contributed by atoms with Crippen LogP contribution in [-0.2, 0) is 18.5 Å². The van der Waals surface area contributed by atoms with E-state index in [1.54, 1.807) is 0 Å². The molecule has 2 aromatic rings. The Hall–Kier alpha value is -1.67. The van der Waals surface area contributed by atoms with E-state index in [4.69, 9.17) is 0 Å². The quantitative estimate of drug-likeness (QED) is 0.907. The molecule has 0 amide bonds. The van der Waals surface area contributed by atoms with E-state index in [0.717, 1.165) is 24.5 Å². The Bertz CT molecular complexity index is 550. The zero-order chi connectivity index (χ0) is 14.6. The number of hydrogen-bond donors (Lipinski definition) is 1. The Morgan fingerprint density at radius 1 is 0.950 bits per heavy atom. The van der Waals surface area contributed by atoms with Crippen LogP contribution in [0.4, 0.5) is 0 Å². The lowest BCUT2D eigenvalue weighted by Crippen LogP contribution is -2.15. The molecule has 0 aliphatic heterocycles. The van der Waals surface area contributed by atoms with E-state index in [0.29, 0.717) is 0 Å². The van der Waals surface area contributed by atoms with Gasteiger partial charge >= 0.3 is 0 Å². The molecule has 0 spiro atoms. The van der Waals surface area contributed by atoms with E-state index in [-0.39, 0.29) is 5.41 Å². The fraction of sp³-hybridized carbons (Fsp3) is 0.389. The molecule has 1 heterocycles. The lowest BCUT2D eigenvalue weighted by atomic mass is 9.87. The number of pyridine rings is 1. The van der Waals surface area contributed by atoms with E-state index in [1.165, 1.54) is 11.1 Å². The lowest BCUT2D eigenvalue weighted by Gasteiger charge is -2.19. The molecule has 0 saturated carbocycles. The summed E-state index contributed by atoms with van der Waals surface area (Å²) in [5, 5.41) is 3.44. The molecule has 2 rings (SSSR count). The minimum atomic E-state index is 0.220. The van der Waals surface area contributed by atoms with Crippen LogP contribution < -0.4 is 5.32 Å². The van der Waals surface area contributed by atoms with Gasteiger partial charge in [0.05, 0.1) is 5.69 Å². The molecule has 1 aromatic heterocycles. The van der Waals surface area contributed by atoms with Crippen molar-refractivity contribution in [3.63, 3.8) is 0 Å². The summed E-state index contributed by atoms with van der Waals surface area (Å²) in [7, 11) is 0. The monoisotopic (exact) mass is 268 g/mol. The van der Waals surface area contributed by atoms with Crippen LogP contribution >= 0.6 is 0 Å². The molecule has 0 fully saturated rings. The fourth-order valence-electron chi connectivity index (χ4n) is 2.16. The summed E-state index contributed by atoms with van der Waals surface area (Å²) in [6.07, 6.45) is 0. The SMILES string of the molecule is Cc1cccc(CNCc2ccc(C(C)(C)C)cc2)n1. The van der Waals surface area contributed by atoms with Gasteiger partial charge in [0.2, 0.25) is 0 Å². The number of aromatic nitrogens is 1. The Morgan fingerprint density at radius 3 is 2.25 bits per heavy atom. The van der Waals surface area contributed by atoms with Crippen LogP contribution in [0, 0.1) is 6.92 Å². The third-order valence-corrected chi connectivity index (χ3v) is 3.40. The summed E-state index contributed by atoms with van der Waals surface area (Å²) in [6, 6.07) is 15.0. The predicted octanol–water partition coefficient (Wildman–Crippen LogP) is 3.98. The molecule has 0 atom stereocenters. The summed E-state index contributed by atoms with van der Waals surface area (Å²) in [5.41, 5.74) is 5.07. The van der Waals surface area contributed by atoms with E-state index >= 15 is 0 Å². The predicted molar refractivity (Wildman–Crippen MR) is 84.7 cm³/mol. The number of nitrogens with zero attached hydrogens (tertiary/aromatic N) is 1. The van der Waals surface area contributed by atoms with E-state index in [1.807, 2.05) is 13.0 Å². The van der Waals surface area contributed by atoms with Crippen molar-refractivity contribution in [1.29, 1.82) is 0 Å². The van der Waals surface area contributed by atoms with Crippen molar-refractivity contribution in [2.24, 2.45) is 0 Å². The molecular weight excluding hydrogens is 244 g/mol. The van der Waals surface area contributed by atoms with Crippen LogP contribution in [0.5, 0.6) is 0 Å². The van der Waals surface area contributed by atoms with Crippen LogP contribution in [0.2, 0.25) is 0 Å². The van der Waals surface area contributed by atoms with Crippen molar-refractivity contribution in [3.8, 4) is 0 Å². The van der Waals surface area contributed by atoms with Crippen LogP contribution in [0.1, 0.15) is 43.3 Å². The molecular formula is C18H24N2. The molecule has 0 radical (unpaired) electrons. The summed E-state index contributed by atoms with van der Waals surface area (Å²) < 4.78 is 0. The molecule has 2 heteroatoms. The van der Waals surface area contributed by atoms with Gasteiger partial charge in [0.15, 0.2) is 0 Å². The highest BCUT2D eigenvalue weighted by Crippen LogP contribution is 2.22. The second kappa shape index (κ2) is 6.19. The Kier molecular flexibility index (Phi) is 4.56. The van der Waals surface area contributed by atoms with Crippen molar-refractivity contribution in [2.75, 3.05) is 0 Å². The number of aryl methyl sites for hydroxylation is 1. The van der Waals surface area contributed by atoms with Crippen LogP contribution in [0.15, 0.2) is 42.5 Å². The smallest absolute Gasteiger partial charge is 0.0544 e. The number of benzene rings is 1. The molecule has 106 valence electrons. The van der Waals surface area contributed by atoms with Gasteiger partial charge in [0.1, 0.15) is 0 Å². The zero-order valence-corrected chi connectivity index (χ0v) is 12.9. The molecule has 0 unspecified atom stereocenters. The van der Waals surface area contributed by atoms with Crippen LogP contribution in [0.3, 0.4) is 0 Å². The van der Waals surface area contributed by atoms with Gasteiger partial charge in [-0.1, -0.05) is 51.1 Å². The third-order valence-electron chi connectivity index (χ3n) is 3.40. The fourth-order valence-corrected chi connectivity index (χ4v) is 2.16. The first-order valence-corrected chi connectivity index (χ1v) is 7.18. The van der Waals surface area contributed by atoms with E-state index in [9.17, 15) is 0 Å². The van der Waals surface area contributed by atoms with Gasteiger partial charge in [0, 0.05) is 18.8 Å². The van der Waals surface area contributed by atoms with E-state index in [2.05, 4.69) is 67.5 Å². The number of hydrogen-bond acceptors (Lipinski definition) is 2. The van der Waals surface area contributed by atoms with Gasteiger partial charge in [-0.05, 0) is 35.6 Å². The van der Waals surface area contributed by atoms with Crippen LogP contribution in [-0.4, -0.2) is 4.98 Å². The highest BCUT2D eigenvalue weighted by molar-refractivity contribution is 5.27. The average Bonchev–Trinajstić information content (AvgIpc) is 2.38. The summed E-state index contributed by atoms with van der Waals surface area (Å²) >= 11 is 0. The molecule has 0 saturated heterocycles. The largest absolute Gasteiger partial charge is 0.307 e. The van der Waals surface area contributed by atoms with Crippen molar-refractivity contribution in [1.82, 2.24) is 10.3 Å². The highest BCUT2D eigenvalue weighted by atomic mass is 14.9. The maximum atomic E-state index is 4.49. The standard InChI is InChI=1S/C18H24N2/c1-14-6-5-7-17(20-14)13-19-12-15-8-10-16(11-9-15)18(2,3)4/h5-11,19H,12-13H2,1-4H3. The topological polar surface area (TPSA) is 24.9 Å². The first-order chi connectivity index (χ1) is 9.45. The normalized spacial score (nSPS) is 11.6. The van der Waals surface area contributed by atoms with Crippen molar-refractivity contribution >= 4 is 0 Å². The van der Waals surface area contributed by atoms with Gasteiger partial charge in [-0.2, -0.15) is 0 Å². The molecule has 1 N–H and O–H groups in total. The summed E-state index contributed by atoms with van der Waals surface area (Å²) in [4.78, 5) is 4.49. The lowest BCUT2D eigenvalue weighted by molar-refractivity contribution is 0.589. The Balaban J connectivity index is 1.88. The third kappa shape index (κ3) is 4.17. The second-order valence-electron chi connectivity index (χ2n) is 6.32. The zero-order valence-electron chi connectivity index (χ0n) is 12.9. The molecule has 0 aliphatic carbocycles. The Labute approximate surface area is 122 Å². The van der Waals surface area contributed by atoms with Crippen LogP contribution in [0.25, 0.3) is 0 Å². The molecule has 0 aliphatic rings. The highest BCUT2D eigenvalue weighted by Gasteiger charge is 2.12. The second-order valence-corrected chi connectivity index (χ2v) is 6.32. The van der Waals surface area contributed by atoms with Crippen molar-refractivity contribution < 1.29 is 0 Å². The molecule has 2 nitrogen and oxygen atoms in total. The van der Waals surface area contributed by atoms with Gasteiger partial charge in [-0.15, -0.1) is 0 Å².